The van der Waals surface area contributed by atoms with Gasteiger partial charge in [-0.3, -0.25) is 0 Å². The number of hydrogen-bond donors (Lipinski definition) is 0. The molecular formula is C10H19N3O2S. The van der Waals surface area contributed by atoms with Crippen molar-refractivity contribution in [1.29, 1.82) is 0 Å². The van der Waals surface area contributed by atoms with Gasteiger partial charge >= 0.3 is 0 Å². The van der Waals surface area contributed by atoms with Gasteiger partial charge < -0.3 is 0 Å². The highest BCUT2D eigenvalue weighted by atomic mass is 32.2. The maximum Gasteiger partial charge on any atom is 0.150 e. The van der Waals surface area contributed by atoms with Gasteiger partial charge in [0.05, 0.1) is 5.75 Å². The first kappa shape index (κ1) is 13.2. The van der Waals surface area contributed by atoms with E-state index < -0.39 is 9.84 Å². The number of aromatic nitrogens is 3. The van der Waals surface area contributed by atoms with Crippen molar-refractivity contribution in [3.63, 3.8) is 0 Å². The number of nitrogens with zero attached hydrogens (tertiary/aromatic N) is 3. The van der Waals surface area contributed by atoms with E-state index in [9.17, 15) is 8.42 Å². The van der Waals surface area contributed by atoms with E-state index in [1.165, 1.54) is 6.26 Å². The Bertz CT molecular complexity index is 437. The largest absolute Gasteiger partial charge is 0.250 e. The fourth-order valence-electron chi connectivity index (χ4n) is 1.49. The zero-order chi connectivity index (χ0) is 12.2. The van der Waals surface area contributed by atoms with Crippen LogP contribution in [0.5, 0.6) is 0 Å². The van der Waals surface area contributed by atoms with Gasteiger partial charge in [0, 0.05) is 25.6 Å². The molecule has 92 valence electrons. The fraction of sp³-hybridized carbons (Fsp3) is 0.800. The van der Waals surface area contributed by atoms with Crippen LogP contribution in [-0.2, 0) is 29.2 Å². The first-order valence-electron chi connectivity index (χ1n) is 5.56. The third kappa shape index (κ3) is 3.92. The fourth-order valence-corrected chi connectivity index (χ4v) is 2.15. The topological polar surface area (TPSA) is 64.8 Å². The van der Waals surface area contributed by atoms with Gasteiger partial charge in [-0.25, -0.2) is 18.1 Å². The molecule has 0 radical (unpaired) electrons. The summed E-state index contributed by atoms with van der Waals surface area (Å²) < 4.78 is 23.8. The van der Waals surface area contributed by atoms with Gasteiger partial charge in [-0.1, -0.05) is 13.8 Å². The quantitative estimate of drug-likeness (QED) is 0.745. The van der Waals surface area contributed by atoms with E-state index in [4.69, 9.17) is 0 Å². The second-order valence-electron chi connectivity index (χ2n) is 3.86. The van der Waals surface area contributed by atoms with Crippen molar-refractivity contribution in [2.75, 3.05) is 12.0 Å². The van der Waals surface area contributed by atoms with Crippen molar-refractivity contribution in [3.8, 4) is 0 Å². The van der Waals surface area contributed by atoms with Crippen molar-refractivity contribution in [2.24, 2.45) is 0 Å². The highest BCUT2D eigenvalue weighted by Crippen LogP contribution is 2.02. The molecule has 1 aromatic rings. The lowest BCUT2D eigenvalue weighted by molar-refractivity contribution is 0.557. The van der Waals surface area contributed by atoms with Crippen LogP contribution in [0.25, 0.3) is 0 Å². The highest BCUT2D eigenvalue weighted by Gasteiger charge is 2.08. The zero-order valence-electron chi connectivity index (χ0n) is 10.1. The summed E-state index contributed by atoms with van der Waals surface area (Å²) in [5.41, 5.74) is 0. The molecule has 1 heterocycles. The highest BCUT2D eigenvalue weighted by molar-refractivity contribution is 7.90. The van der Waals surface area contributed by atoms with Crippen LogP contribution in [0.15, 0.2) is 0 Å². The molecule has 0 unspecified atom stereocenters. The van der Waals surface area contributed by atoms with E-state index in [1.807, 2.05) is 18.5 Å². The summed E-state index contributed by atoms with van der Waals surface area (Å²) >= 11 is 0. The lowest BCUT2D eigenvalue weighted by Crippen LogP contribution is -2.10. The third-order valence-corrected chi connectivity index (χ3v) is 3.34. The Morgan fingerprint density at radius 3 is 2.44 bits per heavy atom. The minimum atomic E-state index is -2.87. The summed E-state index contributed by atoms with van der Waals surface area (Å²) in [6.45, 7) is 4.66. The van der Waals surface area contributed by atoms with Gasteiger partial charge in [-0.05, 0) is 6.42 Å². The standard InChI is InChI=1S/C10H19N3O2S/c1-4-9-11-10(5-2)13(12-9)7-6-8-16(3,14)15/h4-8H2,1-3H3. The Labute approximate surface area is 96.8 Å². The molecule has 0 atom stereocenters. The molecule has 0 amide bonds. The molecule has 0 aliphatic heterocycles. The predicted octanol–water partition coefficient (Wildman–Crippen LogP) is 0.838. The summed E-state index contributed by atoms with van der Waals surface area (Å²) in [6, 6.07) is 0. The lowest BCUT2D eigenvalue weighted by Gasteiger charge is -2.03. The van der Waals surface area contributed by atoms with Crippen LogP contribution in [0.4, 0.5) is 0 Å². The van der Waals surface area contributed by atoms with Gasteiger partial charge in [-0.15, -0.1) is 0 Å². The summed E-state index contributed by atoms with van der Waals surface area (Å²) in [4.78, 5) is 4.36. The van der Waals surface area contributed by atoms with Crippen LogP contribution < -0.4 is 0 Å². The molecule has 1 rings (SSSR count). The van der Waals surface area contributed by atoms with Gasteiger partial charge in [0.25, 0.3) is 0 Å². The van der Waals surface area contributed by atoms with Crippen molar-refractivity contribution < 1.29 is 8.42 Å². The molecule has 16 heavy (non-hydrogen) atoms. The van der Waals surface area contributed by atoms with E-state index >= 15 is 0 Å². The van der Waals surface area contributed by atoms with Crippen molar-refractivity contribution in [3.05, 3.63) is 11.6 Å². The van der Waals surface area contributed by atoms with Gasteiger partial charge in [0.2, 0.25) is 0 Å². The van der Waals surface area contributed by atoms with Crippen LogP contribution >= 0.6 is 0 Å². The summed E-state index contributed by atoms with van der Waals surface area (Å²) in [7, 11) is -2.87. The molecule has 0 spiro atoms. The number of rotatable bonds is 6. The van der Waals surface area contributed by atoms with Crippen LogP contribution in [0.3, 0.4) is 0 Å². The second kappa shape index (κ2) is 5.43. The van der Waals surface area contributed by atoms with Crippen molar-refractivity contribution in [1.82, 2.24) is 14.8 Å². The zero-order valence-corrected chi connectivity index (χ0v) is 10.9. The van der Waals surface area contributed by atoms with Crippen LogP contribution in [0.1, 0.15) is 31.9 Å². The van der Waals surface area contributed by atoms with Crippen LogP contribution in [0, 0.1) is 0 Å². The monoisotopic (exact) mass is 245 g/mol. The van der Waals surface area contributed by atoms with Crippen molar-refractivity contribution >= 4 is 9.84 Å². The van der Waals surface area contributed by atoms with E-state index in [-0.39, 0.29) is 5.75 Å². The molecule has 0 bridgehead atoms. The van der Waals surface area contributed by atoms with Gasteiger partial charge in [0.1, 0.15) is 15.7 Å². The van der Waals surface area contributed by atoms with Gasteiger partial charge in [0.15, 0.2) is 5.82 Å². The number of hydrogen-bond acceptors (Lipinski definition) is 4. The molecular weight excluding hydrogens is 226 g/mol. The average Bonchev–Trinajstić information content (AvgIpc) is 2.58. The Morgan fingerprint density at radius 2 is 1.94 bits per heavy atom. The Kier molecular flexibility index (Phi) is 4.46. The number of sulfone groups is 1. The van der Waals surface area contributed by atoms with E-state index in [0.717, 1.165) is 24.5 Å². The minimum absolute atomic E-state index is 0.206. The predicted molar refractivity (Wildman–Crippen MR) is 63.1 cm³/mol. The molecule has 0 aliphatic carbocycles. The molecule has 0 N–H and O–H groups in total. The SMILES string of the molecule is CCc1nc(CC)n(CCCS(C)(=O)=O)n1. The Balaban J connectivity index is 2.62. The average molecular weight is 245 g/mol. The van der Waals surface area contributed by atoms with Crippen molar-refractivity contribution in [2.45, 2.75) is 39.7 Å². The summed E-state index contributed by atoms with van der Waals surface area (Å²) in [5, 5.41) is 4.33. The van der Waals surface area contributed by atoms with Crippen LogP contribution in [-0.4, -0.2) is 35.2 Å². The smallest absolute Gasteiger partial charge is 0.150 e. The minimum Gasteiger partial charge on any atom is -0.250 e. The first-order valence-corrected chi connectivity index (χ1v) is 7.62. The molecule has 0 aromatic carbocycles. The normalized spacial score (nSPS) is 11.9. The maximum atomic E-state index is 11.0. The molecule has 0 saturated heterocycles. The maximum absolute atomic E-state index is 11.0. The van der Waals surface area contributed by atoms with E-state index in [2.05, 4.69) is 10.1 Å². The molecule has 0 saturated carbocycles. The first-order chi connectivity index (χ1) is 7.46. The van der Waals surface area contributed by atoms with Gasteiger partial charge in [-0.2, -0.15) is 5.10 Å². The number of aryl methyl sites for hydroxylation is 3. The summed E-state index contributed by atoms with van der Waals surface area (Å²) in [6.07, 6.45) is 3.49. The molecule has 5 nitrogen and oxygen atoms in total. The van der Waals surface area contributed by atoms with Crippen LogP contribution in [0.2, 0.25) is 0 Å². The Morgan fingerprint density at radius 1 is 1.25 bits per heavy atom. The molecule has 0 fully saturated rings. The lowest BCUT2D eigenvalue weighted by atomic mass is 10.4. The molecule has 0 aliphatic rings. The van der Waals surface area contributed by atoms with E-state index in [1.54, 1.807) is 0 Å². The molecule has 6 heteroatoms. The summed E-state index contributed by atoms with van der Waals surface area (Å²) in [5.74, 6) is 1.97. The third-order valence-electron chi connectivity index (χ3n) is 2.31. The molecule has 1 aromatic heterocycles. The van der Waals surface area contributed by atoms with E-state index in [0.29, 0.717) is 13.0 Å². The second-order valence-corrected chi connectivity index (χ2v) is 6.12. The Hall–Kier alpha value is -0.910.